The lowest BCUT2D eigenvalue weighted by Gasteiger charge is -2.30. The van der Waals surface area contributed by atoms with Gasteiger partial charge in [0, 0.05) is 17.0 Å². The molecule has 0 radical (unpaired) electrons. The van der Waals surface area contributed by atoms with E-state index < -0.39 is 29.7 Å². The van der Waals surface area contributed by atoms with Crippen LogP contribution in [0.2, 0.25) is 10.0 Å². The van der Waals surface area contributed by atoms with Crippen LogP contribution in [0.15, 0.2) is 46.9 Å². The monoisotopic (exact) mass is 538 g/mol. The molecule has 36 heavy (non-hydrogen) atoms. The third-order valence-electron chi connectivity index (χ3n) is 6.54. The molecule has 1 saturated heterocycles. The van der Waals surface area contributed by atoms with Crippen molar-refractivity contribution in [2.24, 2.45) is 0 Å². The fourth-order valence-electron chi connectivity index (χ4n) is 4.40. The van der Waals surface area contributed by atoms with E-state index in [9.17, 15) is 9.90 Å². The molecule has 5 rings (SSSR count). The van der Waals surface area contributed by atoms with Crippen molar-refractivity contribution in [1.29, 1.82) is 0 Å². The van der Waals surface area contributed by atoms with E-state index in [1.807, 2.05) is 4.90 Å². The standard InChI is InChI=1S/C26H26Cl2F2N2O4/c27-17-4-8-21-16(11-17)13-23(36-21)26(29,30)25(34)31-20(14-32-9-1-2-10-32)24(33)15-3-7-22(19(28)12-15)35-18-5-6-18/h3-4,7-8,11-13,18,20,24,33H,1-2,5-6,9-10,14H2,(H,31,34). The summed E-state index contributed by atoms with van der Waals surface area (Å²) in [6.45, 7) is 1.72. The number of nitrogens with one attached hydrogen (secondary N) is 1. The van der Waals surface area contributed by atoms with Gasteiger partial charge in [-0.1, -0.05) is 29.3 Å². The summed E-state index contributed by atoms with van der Waals surface area (Å²) in [7, 11) is 0. The Balaban J connectivity index is 1.37. The van der Waals surface area contributed by atoms with Gasteiger partial charge in [0.2, 0.25) is 0 Å². The van der Waals surface area contributed by atoms with E-state index in [1.54, 1.807) is 18.2 Å². The predicted octanol–water partition coefficient (Wildman–Crippen LogP) is 5.69. The largest absolute Gasteiger partial charge is 0.489 e. The number of halogens is 4. The van der Waals surface area contributed by atoms with Crippen LogP contribution in [0.4, 0.5) is 8.78 Å². The van der Waals surface area contributed by atoms with Crippen LogP contribution in [0, 0.1) is 0 Å². The van der Waals surface area contributed by atoms with Crippen molar-refractivity contribution in [1.82, 2.24) is 10.2 Å². The van der Waals surface area contributed by atoms with Crippen molar-refractivity contribution in [3.05, 3.63) is 63.8 Å². The van der Waals surface area contributed by atoms with E-state index in [2.05, 4.69) is 5.32 Å². The van der Waals surface area contributed by atoms with Crippen LogP contribution in [0.5, 0.6) is 5.75 Å². The Kier molecular flexibility index (Phi) is 7.14. The van der Waals surface area contributed by atoms with Crippen LogP contribution in [0.1, 0.15) is 43.1 Å². The molecule has 192 valence electrons. The first-order chi connectivity index (χ1) is 17.2. The van der Waals surface area contributed by atoms with E-state index in [0.29, 0.717) is 26.7 Å². The molecule has 1 aromatic heterocycles. The zero-order valence-electron chi connectivity index (χ0n) is 19.4. The molecule has 1 saturated carbocycles. The minimum atomic E-state index is -3.96. The average molecular weight is 539 g/mol. The lowest BCUT2D eigenvalue weighted by Crippen LogP contribution is -2.50. The van der Waals surface area contributed by atoms with Crippen molar-refractivity contribution in [3.63, 3.8) is 0 Å². The molecular weight excluding hydrogens is 513 g/mol. The van der Waals surface area contributed by atoms with Crippen LogP contribution in [-0.4, -0.2) is 47.7 Å². The average Bonchev–Trinajstić information content (AvgIpc) is 3.32. The quantitative estimate of drug-likeness (QED) is 0.366. The third-order valence-corrected chi connectivity index (χ3v) is 7.07. The minimum absolute atomic E-state index is 0.150. The van der Waals surface area contributed by atoms with Gasteiger partial charge in [0.25, 0.3) is 5.91 Å². The van der Waals surface area contributed by atoms with E-state index in [1.165, 1.54) is 18.2 Å². The Morgan fingerprint density at radius 1 is 1.17 bits per heavy atom. The minimum Gasteiger partial charge on any atom is -0.489 e. The second kappa shape index (κ2) is 10.2. The highest BCUT2D eigenvalue weighted by Crippen LogP contribution is 2.36. The molecular formula is C26H26Cl2F2N2O4. The molecule has 2 fully saturated rings. The van der Waals surface area contributed by atoms with E-state index >= 15 is 8.78 Å². The summed E-state index contributed by atoms with van der Waals surface area (Å²) in [6, 6.07) is 9.41. The lowest BCUT2D eigenvalue weighted by molar-refractivity contribution is -0.151. The van der Waals surface area contributed by atoms with Crippen LogP contribution in [0.3, 0.4) is 0 Å². The van der Waals surface area contributed by atoms with Gasteiger partial charge in [0.1, 0.15) is 17.4 Å². The highest BCUT2D eigenvalue weighted by atomic mass is 35.5. The van der Waals surface area contributed by atoms with Crippen LogP contribution in [0.25, 0.3) is 11.0 Å². The lowest BCUT2D eigenvalue weighted by atomic mass is 10.0. The third kappa shape index (κ3) is 5.47. The van der Waals surface area contributed by atoms with Crippen molar-refractivity contribution < 1.29 is 27.8 Å². The highest BCUT2D eigenvalue weighted by molar-refractivity contribution is 6.32. The second-order valence-corrected chi connectivity index (χ2v) is 10.3. The number of carbonyl (C=O) groups excluding carboxylic acids is 1. The SMILES string of the molecule is O=C(NC(CN1CCCC1)C(O)c1ccc(OC2CC2)c(Cl)c1)C(F)(F)c1cc2cc(Cl)ccc2o1. The smallest absolute Gasteiger partial charge is 0.380 e. The number of hydrogen-bond acceptors (Lipinski definition) is 5. The molecule has 2 unspecified atom stereocenters. The zero-order valence-corrected chi connectivity index (χ0v) is 20.9. The molecule has 2 aromatic carbocycles. The molecule has 6 nitrogen and oxygen atoms in total. The maximum absolute atomic E-state index is 15.2. The van der Waals surface area contributed by atoms with Gasteiger partial charge in [0.05, 0.1) is 17.2 Å². The van der Waals surface area contributed by atoms with Crippen LogP contribution in [-0.2, 0) is 10.7 Å². The number of ether oxygens (including phenoxy) is 1. The molecule has 1 amide bonds. The number of benzene rings is 2. The normalized spacial score (nSPS) is 18.4. The van der Waals surface area contributed by atoms with E-state index in [-0.39, 0.29) is 18.2 Å². The Morgan fingerprint density at radius 2 is 1.92 bits per heavy atom. The molecule has 2 N–H and O–H groups in total. The summed E-state index contributed by atoms with van der Waals surface area (Å²) in [5.41, 5.74) is 0.591. The number of carbonyl (C=O) groups is 1. The van der Waals surface area contributed by atoms with E-state index in [4.69, 9.17) is 32.4 Å². The number of amides is 1. The maximum atomic E-state index is 15.2. The number of fused-ring (bicyclic) bond motifs is 1. The van der Waals surface area contributed by atoms with Crippen molar-refractivity contribution in [2.75, 3.05) is 19.6 Å². The van der Waals surface area contributed by atoms with Gasteiger partial charge in [0.15, 0.2) is 5.76 Å². The van der Waals surface area contributed by atoms with Gasteiger partial charge in [-0.05, 0) is 80.7 Å². The number of furan rings is 1. The summed E-state index contributed by atoms with van der Waals surface area (Å²) in [5.74, 6) is -5.81. The van der Waals surface area contributed by atoms with Gasteiger partial charge in [-0.2, -0.15) is 8.78 Å². The number of aliphatic hydroxyl groups is 1. The summed E-state index contributed by atoms with van der Waals surface area (Å²) in [6.07, 6.45) is 2.75. The maximum Gasteiger partial charge on any atom is 0.380 e. The Bertz CT molecular complexity index is 1260. The first kappa shape index (κ1) is 25.3. The Morgan fingerprint density at radius 3 is 2.61 bits per heavy atom. The van der Waals surface area contributed by atoms with Crippen LogP contribution >= 0.6 is 23.2 Å². The number of likely N-dealkylation sites (tertiary alicyclic amines) is 1. The number of rotatable bonds is 9. The molecule has 2 heterocycles. The summed E-state index contributed by atoms with van der Waals surface area (Å²) in [4.78, 5) is 14.9. The molecule has 1 aliphatic carbocycles. The van der Waals surface area contributed by atoms with Gasteiger partial charge in [-0.3, -0.25) is 4.79 Å². The molecule has 0 spiro atoms. The number of hydrogen-bond donors (Lipinski definition) is 2. The highest BCUT2D eigenvalue weighted by Gasteiger charge is 2.46. The summed E-state index contributed by atoms with van der Waals surface area (Å²) < 4.78 is 41.4. The summed E-state index contributed by atoms with van der Waals surface area (Å²) >= 11 is 12.3. The predicted molar refractivity (Wildman–Crippen MR) is 133 cm³/mol. The molecule has 2 aliphatic rings. The van der Waals surface area contributed by atoms with Crippen molar-refractivity contribution in [3.8, 4) is 5.75 Å². The molecule has 3 aromatic rings. The number of nitrogens with zero attached hydrogens (tertiary/aromatic N) is 1. The van der Waals surface area contributed by atoms with Crippen LogP contribution < -0.4 is 10.1 Å². The van der Waals surface area contributed by atoms with E-state index in [0.717, 1.165) is 44.8 Å². The molecule has 0 bridgehead atoms. The fraction of sp³-hybridized carbons (Fsp3) is 0.423. The van der Waals surface area contributed by atoms with Crippen molar-refractivity contribution >= 4 is 40.1 Å². The van der Waals surface area contributed by atoms with Gasteiger partial charge >= 0.3 is 5.92 Å². The molecule has 1 aliphatic heterocycles. The Labute approximate surface area is 217 Å². The van der Waals surface area contributed by atoms with Crippen molar-refractivity contribution in [2.45, 2.75) is 49.9 Å². The molecule has 2 atom stereocenters. The second-order valence-electron chi connectivity index (χ2n) is 9.41. The number of alkyl halides is 2. The zero-order chi connectivity index (χ0) is 25.4. The van der Waals surface area contributed by atoms with Gasteiger partial charge in [-0.25, -0.2) is 0 Å². The fourth-order valence-corrected chi connectivity index (χ4v) is 4.82. The topological polar surface area (TPSA) is 74.9 Å². The summed E-state index contributed by atoms with van der Waals surface area (Å²) in [5, 5.41) is 14.6. The van der Waals surface area contributed by atoms with Gasteiger partial charge < -0.3 is 24.5 Å². The number of aliphatic hydroxyl groups excluding tert-OH is 1. The van der Waals surface area contributed by atoms with Gasteiger partial charge in [-0.15, -0.1) is 0 Å². The first-order valence-electron chi connectivity index (χ1n) is 12.0. The molecule has 10 heteroatoms. The Hall–Kier alpha value is -2.39. The first-order valence-corrected chi connectivity index (χ1v) is 12.7.